The number of anilines is 3. The summed E-state index contributed by atoms with van der Waals surface area (Å²) >= 11 is 6.08. The highest BCUT2D eigenvalue weighted by atomic mass is 35.5. The molecule has 8 heteroatoms. The van der Waals surface area contributed by atoms with Crippen LogP contribution in [-0.4, -0.2) is 29.0 Å². The van der Waals surface area contributed by atoms with Gasteiger partial charge in [0.15, 0.2) is 0 Å². The lowest BCUT2D eigenvalue weighted by molar-refractivity contribution is 0.0600. The number of benzene rings is 2. The van der Waals surface area contributed by atoms with Crippen LogP contribution in [0.1, 0.15) is 26.4 Å². The third-order valence-electron chi connectivity index (χ3n) is 3.89. The minimum Gasteiger partial charge on any atom is -0.465 e. The number of nitrogens with zero attached hydrogens (tertiary/aromatic N) is 2. The van der Waals surface area contributed by atoms with Crippen LogP contribution < -0.4 is 10.6 Å². The SMILES string of the molecule is COC(=O)c1cccc(Nc2cc(C(=O)Nc3ccc(C)c(Cl)c3)ncn2)c1. The maximum absolute atomic E-state index is 12.5. The number of carbonyl (C=O) groups is 2. The number of amides is 1. The van der Waals surface area contributed by atoms with Gasteiger partial charge in [0.25, 0.3) is 5.91 Å². The van der Waals surface area contributed by atoms with Crippen LogP contribution in [0, 0.1) is 6.92 Å². The molecule has 0 bridgehead atoms. The largest absolute Gasteiger partial charge is 0.465 e. The van der Waals surface area contributed by atoms with Gasteiger partial charge in [0.2, 0.25) is 0 Å². The Bertz CT molecular complexity index is 1040. The van der Waals surface area contributed by atoms with E-state index in [-0.39, 0.29) is 5.69 Å². The van der Waals surface area contributed by atoms with E-state index in [1.807, 2.05) is 13.0 Å². The fourth-order valence-electron chi connectivity index (χ4n) is 2.41. The molecule has 3 aromatic rings. The first-order valence-electron chi connectivity index (χ1n) is 8.31. The number of halogens is 1. The highest BCUT2D eigenvalue weighted by molar-refractivity contribution is 6.31. The van der Waals surface area contributed by atoms with Crippen molar-refractivity contribution >= 4 is 40.7 Å². The zero-order chi connectivity index (χ0) is 20.1. The van der Waals surface area contributed by atoms with Crippen molar-refractivity contribution < 1.29 is 14.3 Å². The van der Waals surface area contributed by atoms with Crippen LogP contribution in [0.15, 0.2) is 54.9 Å². The highest BCUT2D eigenvalue weighted by Crippen LogP contribution is 2.21. The molecule has 0 aliphatic heterocycles. The predicted molar refractivity (Wildman–Crippen MR) is 107 cm³/mol. The molecule has 0 unspecified atom stereocenters. The molecule has 0 aliphatic carbocycles. The van der Waals surface area contributed by atoms with Crippen LogP contribution in [-0.2, 0) is 4.74 Å². The monoisotopic (exact) mass is 396 g/mol. The van der Waals surface area contributed by atoms with Crippen LogP contribution in [0.4, 0.5) is 17.2 Å². The van der Waals surface area contributed by atoms with Crippen molar-refractivity contribution in [1.82, 2.24) is 9.97 Å². The molecule has 0 atom stereocenters. The molecule has 0 saturated carbocycles. The van der Waals surface area contributed by atoms with Crippen molar-refractivity contribution in [1.29, 1.82) is 0 Å². The maximum atomic E-state index is 12.5. The second-order valence-electron chi connectivity index (χ2n) is 5.90. The molecule has 28 heavy (non-hydrogen) atoms. The Morgan fingerprint density at radius 3 is 2.61 bits per heavy atom. The summed E-state index contributed by atoms with van der Waals surface area (Å²) in [6.07, 6.45) is 1.28. The fraction of sp³-hybridized carbons (Fsp3) is 0.100. The number of aryl methyl sites for hydroxylation is 1. The van der Waals surface area contributed by atoms with Gasteiger partial charge >= 0.3 is 5.97 Å². The lowest BCUT2D eigenvalue weighted by Gasteiger charge is -2.09. The van der Waals surface area contributed by atoms with Crippen LogP contribution in [0.25, 0.3) is 0 Å². The molecular weight excluding hydrogens is 380 g/mol. The van der Waals surface area contributed by atoms with E-state index in [9.17, 15) is 9.59 Å². The molecule has 2 N–H and O–H groups in total. The van der Waals surface area contributed by atoms with E-state index in [0.29, 0.717) is 27.8 Å². The Morgan fingerprint density at radius 1 is 1.04 bits per heavy atom. The number of rotatable bonds is 5. The number of methoxy groups -OCH3 is 1. The molecule has 0 fully saturated rings. The second kappa shape index (κ2) is 8.49. The lowest BCUT2D eigenvalue weighted by Crippen LogP contribution is -2.14. The third-order valence-corrected chi connectivity index (χ3v) is 4.29. The zero-order valence-electron chi connectivity index (χ0n) is 15.2. The summed E-state index contributed by atoms with van der Waals surface area (Å²) in [5.74, 6) is -0.430. The first kappa shape index (κ1) is 19.3. The molecular formula is C20H17ClN4O3. The van der Waals surface area contributed by atoms with E-state index in [4.69, 9.17) is 16.3 Å². The van der Waals surface area contributed by atoms with Gasteiger partial charge in [0.05, 0.1) is 12.7 Å². The zero-order valence-corrected chi connectivity index (χ0v) is 15.9. The summed E-state index contributed by atoms with van der Waals surface area (Å²) in [5, 5.41) is 6.35. The summed E-state index contributed by atoms with van der Waals surface area (Å²) < 4.78 is 4.71. The number of nitrogens with one attached hydrogen (secondary N) is 2. The van der Waals surface area contributed by atoms with Crippen molar-refractivity contribution in [3.63, 3.8) is 0 Å². The Labute approximate surface area is 166 Å². The molecule has 3 rings (SSSR count). The van der Waals surface area contributed by atoms with Gasteiger partial charge in [0.1, 0.15) is 17.8 Å². The Balaban J connectivity index is 1.75. The number of ether oxygens (including phenoxy) is 1. The van der Waals surface area contributed by atoms with Crippen molar-refractivity contribution in [2.45, 2.75) is 6.92 Å². The number of aromatic nitrogens is 2. The smallest absolute Gasteiger partial charge is 0.337 e. The van der Waals surface area contributed by atoms with Gasteiger partial charge < -0.3 is 15.4 Å². The van der Waals surface area contributed by atoms with Gasteiger partial charge in [-0.05, 0) is 42.8 Å². The predicted octanol–water partition coefficient (Wildman–Crippen LogP) is 4.22. The standard InChI is InChI=1S/C20H17ClN4O3/c1-12-6-7-15(9-16(12)21)25-19(26)17-10-18(23-11-22-17)24-14-5-3-4-13(8-14)20(27)28-2/h3-11H,1-2H3,(H,25,26)(H,22,23,24). The molecule has 1 amide bonds. The van der Waals surface area contributed by atoms with Crippen molar-refractivity contribution in [2.75, 3.05) is 17.7 Å². The third kappa shape index (κ3) is 4.63. The average molecular weight is 397 g/mol. The second-order valence-corrected chi connectivity index (χ2v) is 6.31. The number of carbonyl (C=O) groups excluding carboxylic acids is 2. The average Bonchev–Trinajstić information content (AvgIpc) is 2.70. The number of hydrogen-bond acceptors (Lipinski definition) is 6. The molecule has 7 nitrogen and oxygen atoms in total. The molecule has 1 heterocycles. The summed E-state index contributed by atoms with van der Waals surface area (Å²) in [4.78, 5) is 32.2. The maximum Gasteiger partial charge on any atom is 0.337 e. The van der Waals surface area contributed by atoms with E-state index in [1.54, 1.807) is 36.4 Å². The van der Waals surface area contributed by atoms with Crippen molar-refractivity contribution in [3.05, 3.63) is 76.7 Å². The topological polar surface area (TPSA) is 93.2 Å². The van der Waals surface area contributed by atoms with E-state index in [2.05, 4.69) is 20.6 Å². The van der Waals surface area contributed by atoms with Gasteiger partial charge in [-0.15, -0.1) is 0 Å². The van der Waals surface area contributed by atoms with E-state index in [0.717, 1.165) is 5.56 Å². The van der Waals surface area contributed by atoms with E-state index in [1.165, 1.54) is 19.5 Å². The molecule has 0 radical (unpaired) electrons. The van der Waals surface area contributed by atoms with Gasteiger partial charge in [-0.25, -0.2) is 14.8 Å². The molecule has 0 aliphatic rings. The molecule has 142 valence electrons. The van der Waals surface area contributed by atoms with Crippen molar-refractivity contribution in [3.8, 4) is 0 Å². The van der Waals surface area contributed by atoms with Gasteiger partial charge in [-0.3, -0.25) is 4.79 Å². The summed E-state index contributed by atoms with van der Waals surface area (Å²) in [5.41, 5.74) is 2.69. The molecule has 0 saturated heterocycles. The summed E-state index contributed by atoms with van der Waals surface area (Å²) in [6.45, 7) is 1.88. The fourth-order valence-corrected chi connectivity index (χ4v) is 2.59. The minimum atomic E-state index is -0.442. The Kier molecular flexibility index (Phi) is 5.86. The van der Waals surface area contributed by atoms with Gasteiger partial charge in [-0.1, -0.05) is 23.7 Å². The van der Waals surface area contributed by atoms with E-state index >= 15 is 0 Å². The van der Waals surface area contributed by atoms with Crippen LogP contribution in [0.5, 0.6) is 0 Å². The Morgan fingerprint density at radius 2 is 1.86 bits per heavy atom. The lowest BCUT2D eigenvalue weighted by atomic mass is 10.2. The highest BCUT2D eigenvalue weighted by Gasteiger charge is 2.11. The summed E-state index contributed by atoms with van der Waals surface area (Å²) in [6, 6.07) is 13.5. The quantitative estimate of drug-likeness (QED) is 0.627. The van der Waals surface area contributed by atoms with Crippen LogP contribution >= 0.6 is 11.6 Å². The van der Waals surface area contributed by atoms with Crippen LogP contribution in [0.3, 0.4) is 0 Å². The number of esters is 1. The molecule has 0 spiro atoms. The van der Waals surface area contributed by atoms with Crippen LogP contribution in [0.2, 0.25) is 5.02 Å². The minimum absolute atomic E-state index is 0.179. The first-order chi connectivity index (χ1) is 13.5. The summed E-state index contributed by atoms with van der Waals surface area (Å²) in [7, 11) is 1.32. The van der Waals surface area contributed by atoms with Gasteiger partial charge in [0, 0.05) is 22.5 Å². The van der Waals surface area contributed by atoms with Gasteiger partial charge in [-0.2, -0.15) is 0 Å². The first-order valence-corrected chi connectivity index (χ1v) is 8.69. The van der Waals surface area contributed by atoms with E-state index < -0.39 is 11.9 Å². The molecule has 1 aromatic heterocycles. The number of hydrogen-bond donors (Lipinski definition) is 2. The Hall–Kier alpha value is -3.45. The molecule has 2 aromatic carbocycles. The van der Waals surface area contributed by atoms with Crippen molar-refractivity contribution in [2.24, 2.45) is 0 Å². The normalized spacial score (nSPS) is 10.2.